The molecule has 3 amide bonds. The molecule has 5 atom stereocenters. The second-order valence-electron chi connectivity index (χ2n) is 11.7. The lowest BCUT2D eigenvalue weighted by molar-refractivity contribution is -0.144. The molecule has 9 nitrogen and oxygen atoms in total. The average Bonchev–Trinajstić information content (AvgIpc) is 3.58. The number of rotatable bonds is 13. The highest BCUT2D eigenvalue weighted by Gasteiger charge is 2.78. The lowest BCUT2D eigenvalue weighted by atomic mass is 9.66. The number of benzene rings is 2. The lowest BCUT2D eigenvalue weighted by Gasteiger charge is -2.37. The van der Waals surface area contributed by atoms with Crippen LogP contribution in [0.4, 0.5) is 11.4 Å². The van der Waals surface area contributed by atoms with E-state index < -0.39 is 29.1 Å². The van der Waals surface area contributed by atoms with Gasteiger partial charge in [-0.25, -0.2) is 0 Å². The molecule has 2 unspecified atom stereocenters. The molecule has 10 heteroatoms. The summed E-state index contributed by atoms with van der Waals surface area (Å²) in [5, 5.41) is 10.1. The van der Waals surface area contributed by atoms with Crippen molar-refractivity contribution in [3.63, 3.8) is 0 Å². The zero-order valence-corrected chi connectivity index (χ0v) is 26.0. The van der Waals surface area contributed by atoms with E-state index in [1.54, 1.807) is 53.5 Å². The van der Waals surface area contributed by atoms with Gasteiger partial charge >= 0.3 is 0 Å². The number of ether oxygens (including phenoxy) is 2. The van der Waals surface area contributed by atoms with Gasteiger partial charge in [-0.3, -0.25) is 14.4 Å². The Balaban J connectivity index is 1.57. The van der Waals surface area contributed by atoms with E-state index in [0.717, 1.165) is 0 Å². The number of para-hydroxylation sites is 1. The van der Waals surface area contributed by atoms with Gasteiger partial charge in [0.05, 0.1) is 34.8 Å². The summed E-state index contributed by atoms with van der Waals surface area (Å²) in [6, 6.07) is 13.2. The molecular formula is C34H40ClN3O6. The minimum atomic E-state index is -1.22. The number of halogens is 1. The molecule has 3 saturated heterocycles. The average molecular weight is 622 g/mol. The van der Waals surface area contributed by atoms with Crippen molar-refractivity contribution in [2.75, 3.05) is 42.6 Å². The maximum absolute atomic E-state index is 14.6. The molecule has 2 aromatic rings. The van der Waals surface area contributed by atoms with Gasteiger partial charge in [-0.05, 0) is 69.5 Å². The lowest BCUT2D eigenvalue weighted by Crippen LogP contribution is -2.56. The van der Waals surface area contributed by atoms with Crippen LogP contribution in [0, 0.1) is 11.8 Å². The molecule has 1 spiro atoms. The molecular weight excluding hydrogens is 582 g/mol. The van der Waals surface area contributed by atoms with Crippen molar-refractivity contribution in [2.45, 2.75) is 50.4 Å². The number of hydrogen-bond acceptors (Lipinski definition) is 6. The van der Waals surface area contributed by atoms with Crippen LogP contribution in [0.25, 0.3) is 0 Å². The predicted molar refractivity (Wildman–Crippen MR) is 170 cm³/mol. The number of hydrogen-bond donors (Lipinski definition) is 1. The molecule has 3 aliphatic heterocycles. The zero-order valence-electron chi connectivity index (χ0n) is 25.3. The summed E-state index contributed by atoms with van der Waals surface area (Å²) < 4.78 is 12.4. The molecule has 44 heavy (non-hydrogen) atoms. The Hall–Kier alpha value is -3.66. The van der Waals surface area contributed by atoms with Gasteiger partial charge in [0.15, 0.2) is 0 Å². The van der Waals surface area contributed by atoms with Crippen LogP contribution < -0.4 is 14.5 Å². The normalized spacial score (nSPS) is 26.8. The van der Waals surface area contributed by atoms with Gasteiger partial charge in [-0.1, -0.05) is 35.9 Å². The maximum Gasteiger partial charge on any atom is 0.253 e. The van der Waals surface area contributed by atoms with E-state index in [-0.39, 0.29) is 50.4 Å². The van der Waals surface area contributed by atoms with Crippen molar-refractivity contribution in [3.05, 3.63) is 78.9 Å². The first kappa shape index (κ1) is 31.8. The second kappa shape index (κ2) is 12.8. The molecule has 0 aliphatic carbocycles. The Bertz CT molecular complexity index is 1430. The Morgan fingerprint density at radius 1 is 1.09 bits per heavy atom. The molecule has 3 heterocycles. The third-order valence-electron chi connectivity index (χ3n) is 9.09. The highest BCUT2D eigenvalue weighted by atomic mass is 35.5. The van der Waals surface area contributed by atoms with E-state index in [0.29, 0.717) is 41.6 Å². The SMILES string of the molecule is C=CCN(C(=O)[C@H]1[C@H]2C(=O)N(CCCO)C(C(=O)N(CC=C)c3ccccc3Cl)C23CC[C@]1(C)O3)c1ccc(OCC)cc1. The number of anilines is 2. The number of aliphatic hydroxyl groups excluding tert-OH is 1. The standard InChI is InChI=1S/C34H40ClN3O6/c1-5-19-36(23-13-15-24(16-14-23)43-7-3)30(40)27-28-31(41)38(21-10-22-39)29(34(28)18-17-33(27,4)44-34)32(42)37(20-6-2)26-12-9-8-11-25(26)35/h5-6,8-9,11-16,27-29,39H,1-2,7,10,17-22H2,3-4H3/t27-,28+,29?,33+,34?/m1/s1. The third-order valence-corrected chi connectivity index (χ3v) is 9.41. The molecule has 0 saturated carbocycles. The number of fused-ring (bicyclic) bond motifs is 1. The van der Waals surface area contributed by atoms with E-state index in [9.17, 15) is 19.5 Å². The summed E-state index contributed by atoms with van der Waals surface area (Å²) in [4.78, 5) is 48.2. The van der Waals surface area contributed by atoms with Gasteiger partial charge in [0.25, 0.3) is 5.91 Å². The van der Waals surface area contributed by atoms with Crippen LogP contribution in [0.5, 0.6) is 5.75 Å². The first-order valence-corrected chi connectivity index (χ1v) is 15.5. The maximum atomic E-state index is 14.6. The van der Waals surface area contributed by atoms with Crippen molar-refractivity contribution in [2.24, 2.45) is 11.8 Å². The fourth-order valence-electron chi connectivity index (χ4n) is 7.33. The number of carbonyl (C=O) groups excluding carboxylic acids is 3. The van der Waals surface area contributed by atoms with Crippen LogP contribution in [0.2, 0.25) is 5.02 Å². The summed E-state index contributed by atoms with van der Waals surface area (Å²) in [5.41, 5.74) is -1.05. The molecule has 1 N–H and O–H groups in total. The van der Waals surface area contributed by atoms with Gasteiger partial charge in [-0.15, -0.1) is 13.2 Å². The smallest absolute Gasteiger partial charge is 0.253 e. The number of amides is 3. The fourth-order valence-corrected chi connectivity index (χ4v) is 7.56. The minimum absolute atomic E-state index is 0.144. The first-order valence-electron chi connectivity index (χ1n) is 15.1. The molecule has 234 valence electrons. The van der Waals surface area contributed by atoms with Crippen molar-refractivity contribution < 1.29 is 29.0 Å². The first-order chi connectivity index (χ1) is 21.2. The summed E-state index contributed by atoms with van der Waals surface area (Å²) in [5.74, 6) is -1.97. The number of aliphatic hydroxyl groups is 1. The Kier molecular flexibility index (Phi) is 9.20. The number of carbonyl (C=O) groups is 3. The molecule has 0 aromatic heterocycles. The monoisotopic (exact) mass is 621 g/mol. The molecule has 3 aliphatic rings. The van der Waals surface area contributed by atoms with E-state index in [1.165, 1.54) is 9.80 Å². The largest absolute Gasteiger partial charge is 0.494 e. The van der Waals surface area contributed by atoms with Gasteiger partial charge in [0.2, 0.25) is 11.8 Å². The van der Waals surface area contributed by atoms with E-state index in [4.69, 9.17) is 21.1 Å². The number of nitrogens with zero attached hydrogens (tertiary/aromatic N) is 3. The molecule has 0 radical (unpaired) electrons. The summed E-state index contributed by atoms with van der Waals surface area (Å²) >= 11 is 6.54. The molecule has 2 bridgehead atoms. The second-order valence-corrected chi connectivity index (χ2v) is 12.1. The van der Waals surface area contributed by atoms with Gasteiger partial charge in [-0.2, -0.15) is 0 Å². The summed E-state index contributed by atoms with van der Waals surface area (Å²) in [6.07, 6.45) is 4.47. The van der Waals surface area contributed by atoms with Crippen molar-refractivity contribution in [1.29, 1.82) is 0 Å². The minimum Gasteiger partial charge on any atom is -0.494 e. The summed E-state index contributed by atoms with van der Waals surface area (Å²) in [7, 11) is 0. The van der Waals surface area contributed by atoms with Crippen LogP contribution in [0.15, 0.2) is 73.8 Å². The van der Waals surface area contributed by atoms with Crippen LogP contribution in [0.3, 0.4) is 0 Å². The Morgan fingerprint density at radius 3 is 2.41 bits per heavy atom. The third kappa shape index (κ3) is 5.21. The topological polar surface area (TPSA) is 99.6 Å². The quantitative estimate of drug-likeness (QED) is 0.328. The van der Waals surface area contributed by atoms with Crippen molar-refractivity contribution >= 4 is 40.7 Å². The van der Waals surface area contributed by atoms with Crippen LogP contribution in [-0.2, 0) is 19.1 Å². The number of likely N-dealkylation sites (tertiary alicyclic amines) is 1. The zero-order chi connectivity index (χ0) is 31.6. The van der Waals surface area contributed by atoms with E-state index in [1.807, 2.05) is 26.0 Å². The molecule has 3 fully saturated rings. The Labute approximate surface area is 263 Å². The van der Waals surface area contributed by atoms with Gasteiger partial charge in [0, 0.05) is 31.9 Å². The highest BCUT2D eigenvalue weighted by molar-refractivity contribution is 6.34. The van der Waals surface area contributed by atoms with Crippen molar-refractivity contribution in [3.8, 4) is 5.75 Å². The van der Waals surface area contributed by atoms with Crippen LogP contribution in [0.1, 0.15) is 33.1 Å². The van der Waals surface area contributed by atoms with E-state index in [2.05, 4.69) is 13.2 Å². The van der Waals surface area contributed by atoms with Crippen molar-refractivity contribution in [1.82, 2.24) is 4.90 Å². The summed E-state index contributed by atoms with van der Waals surface area (Å²) in [6.45, 7) is 12.4. The fraction of sp³-hybridized carbons (Fsp3) is 0.441. The van der Waals surface area contributed by atoms with E-state index >= 15 is 0 Å². The predicted octanol–water partition coefficient (Wildman–Crippen LogP) is 4.62. The molecule has 2 aromatic carbocycles. The molecule has 5 rings (SSSR count). The van der Waals surface area contributed by atoms with Crippen LogP contribution in [-0.4, -0.2) is 77.8 Å². The van der Waals surface area contributed by atoms with Gasteiger partial charge in [0.1, 0.15) is 17.4 Å². The highest BCUT2D eigenvalue weighted by Crippen LogP contribution is 2.63. The van der Waals surface area contributed by atoms with Gasteiger partial charge < -0.3 is 29.3 Å². The Morgan fingerprint density at radius 2 is 1.77 bits per heavy atom. The van der Waals surface area contributed by atoms with Crippen LogP contribution >= 0.6 is 11.6 Å².